The minimum Gasteiger partial charge on any atom is -0.346 e. The number of benzene rings is 1. The number of rotatable bonds is 6. The maximum atomic E-state index is 12.8. The highest BCUT2D eigenvalue weighted by Gasteiger charge is 2.15. The van der Waals surface area contributed by atoms with Crippen molar-refractivity contribution in [3.05, 3.63) is 89.0 Å². The predicted molar refractivity (Wildman–Crippen MR) is 113 cm³/mol. The average Bonchev–Trinajstić information content (AvgIpc) is 2.74. The zero-order valence-electron chi connectivity index (χ0n) is 16.8. The molecule has 148 valence electrons. The van der Waals surface area contributed by atoms with Crippen LogP contribution in [-0.2, 0) is 6.54 Å². The van der Waals surface area contributed by atoms with Gasteiger partial charge in [-0.2, -0.15) is 0 Å². The highest BCUT2D eigenvalue weighted by Crippen LogP contribution is 2.27. The standard InChI is InChI=1S/C23H24N4O2/c1-15(2)20-9-6-7-16(3)21(20)27-23(29)18-11-17(12-24-13-18)22(28)26-14-19-8-4-5-10-25-19/h4-13,15H,14H2,1-3H3,(H,26,28)(H,27,29). The van der Waals surface area contributed by atoms with Crippen LogP contribution in [0.2, 0.25) is 0 Å². The van der Waals surface area contributed by atoms with Gasteiger partial charge in [0, 0.05) is 24.3 Å². The molecule has 2 N–H and O–H groups in total. The van der Waals surface area contributed by atoms with Crippen molar-refractivity contribution in [1.29, 1.82) is 0 Å². The lowest BCUT2D eigenvalue weighted by atomic mass is 9.98. The third-order valence-electron chi connectivity index (χ3n) is 4.58. The van der Waals surface area contributed by atoms with E-state index in [-0.39, 0.29) is 17.7 Å². The summed E-state index contributed by atoms with van der Waals surface area (Å²) in [4.78, 5) is 33.5. The largest absolute Gasteiger partial charge is 0.346 e. The lowest BCUT2D eigenvalue weighted by Gasteiger charge is -2.16. The molecule has 0 spiro atoms. The molecule has 0 aliphatic carbocycles. The van der Waals surface area contributed by atoms with Crippen molar-refractivity contribution in [2.75, 3.05) is 5.32 Å². The summed E-state index contributed by atoms with van der Waals surface area (Å²) in [6, 6.07) is 13.0. The molecule has 0 unspecified atom stereocenters. The first-order valence-corrected chi connectivity index (χ1v) is 9.49. The summed E-state index contributed by atoms with van der Waals surface area (Å²) < 4.78 is 0. The van der Waals surface area contributed by atoms with Crippen LogP contribution in [0.3, 0.4) is 0 Å². The minimum atomic E-state index is -0.309. The van der Waals surface area contributed by atoms with Crippen molar-refractivity contribution in [2.24, 2.45) is 0 Å². The fourth-order valence-electron chi connectivity index (χ4n) is 2.99. The molecule has 3 rings (SSSR count). The second-order valence-electron chi connectivity index (χ2n) is 7.11. The number of carbonyl (C=O) groups excluding carboxylic acids is 2. The Morgan fingerprint density at radius 1 is 1.00 bits per heavy atom. The number of aryl methyl sites for hydroxylation is 1. The minimum absolute atomic E-state index is 0.270. The van der Waals surface area contributed by atoms with Crippen LogP contribution in [0.25, 0.3) is 0 Å². The Morgan fingerprint density at radius 3 is 2.45 bits per heavy atom. The Balaban J connectivity index is 1.74. The molecule has 0 aliphatic rings. The normalized spacial score (nSPS) is 10.6. The topological polar surface area (TPSA) is 84.0 Å². The van der Waals surface area contributed by atoms with Gasteiger partial charge in [0.05, 0.1) is 23.4 Å². The molecule has 0 bridgehead atoms. The SMILES string of the molecule is Cc1cccc(C(C)C)c1NC(=O)c1cncc(C(=O)NCc2ccccn2)c1. The summed E-state index contributed by atoms with van der Waals surface area (Å²) in [6.45, 7) is 6.43. The molecule has 2 heterocycles. The molecule has 2 aromatic heterocycles. The zero-order chi connectivity index (χ0) is 20.8. The Hall–Kier alpha value is -3.54. The van der Waals surface area contributed by atoms with Gasteiger partial charge in [-0.05, 0) is 42.2 Å². The summed E-state index contributed by atoms with van der Waals surface area (Å²) in [5.74, 6) is -0.336. The van der Waals surface area contributed by atoms with Crippen LogP contribution in [0, 0.1) is 6.92 Å². The number of pyridine rings is 2. The molecule has 0 saturated heterocycles. The van der Waals surface area contributed by atoms with Crippen molar-refractivity contribution < 1.29 is 9.59 Å². The van der Waals surface area contributed by atoms with Gasteiger partial charge in [-0.25, -0.2) is 0 Å². The van der Waals surface area contributed by atoms with E-state index in [1.807, 2.05) is 43.3 Å². The lowest BCUT2D eigenvalue weighted by Crippen LogP contribution is -2.24. The summed E-state index contributed by atoms with van der Waals surface area (Å²) in [5.41, 5.74) is 4.26. The van der Waals surface area contributed by atoms with Crippen LogP contribution >= 0.6 is 0 Å². The van der Waals surface area contributed by atoms with E-state index in [0.717, 1.165) is 22.5 Å². The molecule has 2 amide bonds. The second-order valence-corrected chi connectivity index (χ2v) is 7.11. The maximum Gasteiger partial charge on any atom is 0.257 e. The Bertz CT molecular complexity index is 1020. The molecule has 6 nitrogen and oxygen atoms in total. The second kappa shape index (κ2) is 9.10. The van der Waals surface area contributed by atoms with Crippen molar-refractivity contribution in [1.82, 2.24) is 15.3 Å². The number of amides is 2. The number of nitrogens with zero attached hydrogens (tertiary/aromatic N) is 2. The van der Waals surface area contributed by atoms with Crippen molar-refractivity contribution >= 4 is 17.5 Å². The number of nitrogens with one attached hydrogen (secondary N) is 2. The molecule has 0 fully saturated rings. The highest BCUT2D eigenvalue weighted by molar-refractivity contribution is 6.06. The summed E-state index contributed by atoms with van der Waals surface area (Å²) in [6.07, 6.45) is 4.57. The first-order valence-electron chi connectivity index (χ1n) is 9.49. The van der Waals surface area contributed by atoms with Crippen LogP contribution in [0.4, 0.5) is 5.69 Å². The number of para-hydroxylation sites is 1. The van der Waals surface area contributed by atoms with Crippen LogP contribution in [0.15, 0.2) is 61.1 Å². The van der Waals surface area contributed by atoms with Crippen molar-refractivity contribution in [2.45, 2.75) is 33.2 Å². The molecule has 0 aliphatic heterocycles. The Morgan fingerprint density at radius 2 is 1.76 bits per heavy atom. The van der Waals surface area contributed by atoms with Crippen LogP contribution < -0.4 is 10.6 Å². The third kappa shape index (κ3) is 5.04. The molecule has 0 saturated carbocycles. The lowest BCUT2D eigenvalue weighted by molar-refractivity contribution is 0.0950. The summed E-state index contributed by atoms with van der Waals surface area (Å²) in [5, 5.41) is 5.77. The van der Waals surface area contributed by atoms with E-state index < -0.39 is 0 Å². The van der Waals surface area contributed by atoms with Crippen molar-refractivity contribution in [3.63, 3.8) is 0 Å². The number of hydrogen-bond acceptors (Lipinski definition) is 4. The Labute approximate surface area is 170 Å². The molecule has 1 aromatic carbocycles. The number of carbonyl (C=O) groups is 2. The first-order chi connectivity index (χ1) is 14.0. The first kappa shape index (κ1) is 20.2. The highest BCUT2D eigenvalue weighted by atomic mass is 16.2. The summed E-state index contributed by atoms with van der Waals surface area (Å²) >= 11 is 0. The number of anilines is 1. The van der Waals surface area contributed by atoms with Gasteiger partial charge >= 0.3 is 0 Å². The van der Waals surface area contributed by atoms with Crippen LogP contribution in [0.5, 0.6) is 0 Å². The molecule has 3 aromatic rings. The van der Waals surface area contributed by atoms with Gasteiger partial charge in [0.15, 0.2) is 0 Å². The predicted octanol–water partition coefficient (Wildman–Crippen LogP) is 4.09. The van der Waals surface area contributed by atoms with E-state index in [9.17, 15) is 9.59 Å². The average molecular weight is 388 g/mol. The Kier molecular flexibility index (Phi) is 6.34. The van der Waals surface area contributed by atoms with Gasteiger partial charge in [0.25, 0.3) is 11.8 Å². The van der Waals surface area contributed by atoms with Crippen molar-refractivity contribution in [3.8, 4) is 0 Å². The van der Waals surface area contributed by atoms with Gasteiger partial charge < -0.3 is 10.6 Å². The fraction of sp³-hybridized carbons (Fsp3) is 0.217. The van der Waals surface area contributed by atoms with Gasteiger partial charge in [-0.3, -0.25) is 19.6 Å². The van der Waals surface area contributed by atoms with Gasteiger partial charge in [0.1, 0.15) is 0 Å². The van der Waals surface area contributed by atoms with Crippen LogP contribution in [0.1, 0.15) is 57.3 Å². The number of hydrogen-bond donors (Lipinski definition) is 2. The molecule has 29 heavy (non-hydrogen) atoms. The smallest absolute Gasteiger partial charge is 0.257 e. The van der Waals surface area contributed by atoms with Gasteiger partial charge in [0.2, 0.25) is 0 Å². The van der Waals surface area contributed by atoms with E-state index in [1.54, 1.807) is 12.3 Å². The van der Waals surface area contributed by atoms with E-state index in [4.69, 9.17) is 0 Å². The molecule has 6 heteroatoms. The molecular formula is C23H24N4O2. The zero-order valence-corrected chi connectivity index (χ0v) is 16.8. The van der Waals surface area contributed by atoms with E-state index in [2.05, 4.69) is 34.4 Å². The molecule has 0 radical (unpaired) electrons. The fourth-order valence-corrected chi connectivity index (χ4v) is 2.99. The van der Waals surface area contributed by atoms with E-state index in [1.165, 1.54) is 12.4 Å². The monoisotopic (exact) mass is 388 g/mol. The summed E-state index contributed by atoms with van der Waals surface area (Å²) in [7, 11) is 0. The van der Waals surface area contributed by atoms with Crippen LogP contribution in [-0.4, -0.2) is 21.8 Å². The van der Waals surface area contributed by atoms with Gasteiger partial charge in [-0.15, -0.1) is 0 Å². The van der Waals surface area contributed by atoms with E-state index >= 15 is 0 Å². The quantitative estimate of drug-likeness (QED) is 0.666. The maximum absolute atomic E-state index is 12.8. The third-order valence-corrected chi connectivity index (χ3v) is 4.58. The molecular weight excluding hydrogens is 364 g/mol. The number of aromatic nitrogens is 2. The van der Waals surface area contributed by atoms with E-state index in [0.29, 0.717) is 17.7 Å². The van der Waals surface area contributed by atoms with Gasteiger partial charge in [-0.1, -0.05) is 38.1 Å². The molecule has 0 atom stereocenters.